The Bertz CT molecular complexity index is 307. The van der Waals surface area contributed by atoms with E-state index in [1.54, 1.807) is 0 Å². The van der Waals surface area contributed by atoms with Crippen LogP contribution in [0.5, 0.6) is 0 Å². The van der Waals surface area contributed by atoms with Crippen LogP contribution in [-0.2, 0) is 9.53 Å². The summed E-state index contributed by atoms with van der Waals surface area (Å²) in [6.45, 7) is 8.56. The minimum atomic E-state index is -0.253. The molecule has 3 nitrogen and oxygen atoms in total. The number of piperidine rings is 1. The van der Waals surface area contributed by atoms with Crippen LogP contribution in [-0.4, -0.2) is 25.2 Å². The minimum absolute atomic E-state index is 0.0675. The number of carbonyl (C=O) groups excluding carboxylic acids is 1. The van der Waals surface area contributed by atoms with E-state index >= 15 is 0 Å². The largest absolute Gasteiger partial charge is 0.462 e. The van der Waals surface area contributed by atoms with Crippen molar-refractivity contribution in [2.24, 2.45) is 17.3 Å². The molecule has 116 valence electrons. The fourth-order valence-corrected chi connectivity index (χ4v) is 4.18. The first-order valence-electron chi connectivity index (χ1n) is 8.47. The van der Waals surface area contributed by atoms with Gasteiger partial charge in [0.05, 0.1) is 5.41 Å². The van der Waals surface area contributed by atoms with Gasteiger partial charge in [-0.1, -0.05) is 27.2 Å². The lowest BCUT2D eigenvalue weighted by atomic mass is 9.76. The molecule has 1 saturated carbocycles. The maximum atomic E-state index is 12.7. The van der Waals surface area contributed by atoms with E-state index in [0.717, 1.165) is 51.6 Å². The third-order valence-corrected chi connectivity index (χ3v) is 5.04. The summed E-state index contributed by atoms with van der Waals surface area (Å²) in [5, 5.41) is 3.40. The highest BCUT2D eigenvalue weighted by atomic mass is 16.5. The summed E-state index contributed by atoms with van der Waals surface area (Å²) < 4.78 is 5.95. The topological polar surface area (TPSA) is 38.3 Å². The first-order valence-corrected chi connectivity index (χ1v) is 8.47. The Morgan fingerprint density at radius 1 is 1.25 bits per heavy atom. The molecule has 3 unspecified atom stereocenters. The second-order valence-electron chi connectivity index (χ2n) is 7.26. The van der Waals surface area contributed by atoms with Crippen molar-refractivity contribution in [1.82, 2.24) is 5.32 Å². The summed E-state index contributed by atoms with van der Waals surface area (Å²) in [6.07, 6.45) is 7.60. The van der Waals surface area contributed by atoms with E-state index in [9.17, 15) is 4.79 Å². The van der Waals surface area contributed by atoms with Crippen molar-refractivity contribution in [3.8, 4) is 0 Å². The van der Waals surface area contributed by atoms with Crippen molar-refractivity contribution in [1.29, 1.82) is 0 Å². The van der Waals surface area contributed by atoms with Gasteiger partial charge in [0.1, 0.15) is 6.10 Å². The van der Waals surface area contributed by atoms with Crippen molar-refractivity contribution in [3.63, 3.8) is 0 Å². The van der Waals surface area contributed by atoms with Crippen molar-refractivity contribution < 1.29 is 9.53 Å². The molecule has 0 aromatic rings. The van der Waals surface area contributed by atoms with Crippen LogP contribution in [0.25, 0.3) is 0 Å². The van der Waals surface area contributed by atoms with E-state index in [0.29, 0.717) is 11.8 Å². The Balaban J connectivity index is 1.97. The van der Waals surface area contributed by atoms with Gasteiger partial charge in [-0.15, -0.1) is 0 Å². The van der Waals surface area contributed by atoms with Gasteiger partial charge in [-0.25, -0.2) is 0 Å². The lowest BCUT2D eigenvalue weighted by Crippen LogP contribution is -2.47. The highest BCUT2D eigenvalue weighted by molar-refractivity contribution is 5.77. The summed E-state index contributed by atoms with van der Waals surface area (Å²) in [4.78, 5) is 12.7. The van der Waals surface area contributed by atoms with Crippen LogP contribution in [0, 0.1) is 17.3 Å². The summed E-state index contributed by atoms with van der Waals surface area (Å²) in [7, 11) is 0. The van der Waals surface area contributed by atoms with Gasteiger partial charge in [-0.05, 0) is 56.9 Å². The monoisotopic (exact) mass is 281 g/mol. The standard InChI is InChI=1S/C17H31NO2/c1-4-6-17(7-5-8-18-12-17)16(19)20-15-10-13(2)9-14(3)11-15/h13-15,18H,4-12H2,1-3H3. The van der Waals surface area contributed by atoms with Gasteiger partial charge in [0, 0.05) is 6.54 Å². The molecular weight excluding hydrogens is 250 g/mol. The average Bonchev–Trinajstić information content (AvgIpc) is 2.38. The van der Waals surface area contributed by atoms with Crippen LogP contribution in [0.15, 0.2) is 0 Å². The number of carbonyl (C=O) groups is 1. The maximum Gasteiger partial charge on any atom is 0.313 e. The third-order valence-electron chi connectivity index (χ3n) is 5.04. The number of ether oxygens (including phenoxy) is 1. The van der Waals surface area contributed by atoms with Crippen molar-refractivity contribution >= 4 is 5.97 Å². The zero-order valence-electron chi connectivity index (χ0n) is 13.4. The van der Waals surface area contributed by atoms with Crippen molar-refractivity contribution in [3.05, 3.63) is 0 Å². The molecule has 1 saturated heterocycles. The van der Waals surface area contributed by atoms with Crippen molar-refractivity contribution in [2.45, 2.75) is 71.8 Å². The third kappa shape index (κ3) is 3.75. The number of esters is 1. The molecule has 2 aliphatic rings. The van der Waals surface area contributed by atoms with E-state index in [2.05, 4.69) is 26.1 Å². The average molecular weight is 281 g/mol. The summed E-state index contributed by atoms with van der Waals surface area (Å²) >= 11 is 0. The van der Waals surface area contributed by atoms with Gasteiger partial charge in [0.25, 0.3) is 0 Å². The van der Waals surface area contributed by atoms with Crippen LogP contribution < -0.4 is 5.32 Å². The zero-order valence-corrected chi connectivity index (χ0v) is 13.4. The van der Waals surface area contributed by atoms with Crippen molar-refractivity contribution in [2.75, 3.05) is 13.1 Å². The Morgan fingerprint density at radius 2 is 1.95 bits per heavy atom. The molecule has 0 bridgehead atoms. The molecule has 0 amide bonds. The van der Waals surface area contributed by atoms with Gasteiger partial charge in [0.2, 0.25) is 0 Å². The van der Waals surface area contributed by atoms with E-state index in [-0.39, 0.29) is 17.5 Å². The molecular formula is C17H31NO2. The van der Waals surface area contributed by atoms with E-state index in [1.807, 2.05) is 0 Å². The molecule has 1 heterocycles. The van der Waals surface area contributed by atoms with Gasteiger partial charge in [-0.3, -0.25) is 4.79 Å². The summed E-state index contributed by atoms with van der Waals surface area (Å²) in [6, 6.07) is 0. The molecule has 20 heavy (non-hydrogen) atoms. The highest BCUT2D eigenvalue weighted by Gasteiger charge is 2.41. The van der Waals surface area contributed by atoms with Crippen LogP contribution in [0.1, 0.15) is 65.7 Å². The zero-order chi connectivity index (χ0) is 14.6. The molecule has 2 rings (SSSR count). The summed E-state index contributed by atoms with van der Waals surface area (Å²) in [5.41, 5.74) is -0.253. The predicted octanol–water partition coefficient (Wildman–Crippen LogP) is 3.52. The SMILES string of the molecule is CCCC1(C(=O)OC2CC(C)CC(C)C2)CCCNC1. The number of hydrogen-bond donors (Lipinski definition) is 1. The van der Waals surface area contributed by atoms with Crippen LogP contribution in [0.4, 0.5) is 0 Å². The number of rotatable bonds is 4. The van der Waals surface area contributed by atoms with Crippen LogP contribution in [0.2, 0.25) is 0 Å². The Hall–Kier alpha value is -0.570. The molecule has 0 radical (unpaired) electrons. The van der Waals surface area contributed by atoms with E-state index in [1.165, 1.54) is 6.42 Å². The molecule has 0 spiro atoms. The highest BCUT2D eigenvalue weighted by Crippen LogP contribution is 2.36. The van der Waals surface area contributed by atoms with Gasteiger partial charge in [0.15, 0.2) is 0 Å². The Labute approximate surface area is 123 Å². The lowest BCUT2D eigenvalue weighted by molar-refractivity contribution is -0.166. The number of nitrogens with one attached hydrogen (secondary N) is 1. The first-order chi connectivity index (χ1) is 9.55. The second-order valence-corrected chi connectivity index (χ2v) is 7.26. The molecule has 3 heteroatoms. The maximum absolute atomic E-state index is 12.7. The normalized spacial score (nSPS) is 38.5. The molecule has 2 fully saturated rings. The minimum Gasteiger partial charge on any atom is -0.462 e. The molecule has 0 aromatic heterocycles. The van der Waals surface area contributed by atoms with Gasteiger partial charge < -0.3 is 10.1 Å². The van der Waals surface area contributed by atoms with Gasteiger partial charge >= 0.3 is 5.97 Å². The molecule has 1 N–H and O–H groups in total. The van der Waals surface area contributed by atoms with E-state index in [4.69, 9.17) is 4.74 Å². The molecule has 1 aliphatic heterocycles. The fourth-order valence-electron chi connectivity index (χ4n) is 4.18. The predicted molar refractivity (Wildman–Crippen MR) is 81.5 cm³/mol. The molecule has 1 aliphatic carbocycles. The smallest absolute Gasteiger partial charge is 0.313 e. The number of hydrogen-bond acceptors (Lipinski definition) is 3. The Morgan fingerprint density at radius 3 is 2.50 bits per heavy atom. The first kappa shape index (κ1) is 15.8. The van der Waals surface area contributed by atoms with E-state index < -0.39 is 0 Å². The molecule has 0 aromatic carbocycles. The second kappa shape index (κ2) is 6.93. The summed E-state index contributed by atoms with van der Waals surface area (Å²) in [5.74, 6) is 1.43. The van der Waals surface area contributed by atoms with Gasteiger partial charge in [-0.2, -0.15) is 0 Å². The Kier molecular flexibility index (Phi) is 5.48. The van der Waals surface area contributed by atoms with Crippen LogP contribution in [0.3, 0.4) is 0 Å². The van der Waals surface area contributed by atoms with Crippen LogP contribution >= 0.6 is 0 Å². The lowest BCUT2D eigenvalue weighted by Gasteiger charge is -2.38. The quantitative estimate of drug-likeness (QED) is 0.801. The molecule has 3 atom stereocenters. The fraction of sp³-hybridized carbons (Fsp3) is 0.941.